The molecule has 0 aromatic rings. The second-order valence-electron chi connectivity index (χ2n) is 5.89. The van der Waals surface area contributed by atoms with Crippen LogP contribution >= 0.6 is 36.6 Å². The van der Waals surface area contributed by atoms with Gasteiger partial charge in [-0.25, -0.2) is 0 Å². The first-order valence-corrected chi connectivity index (χ1v) is 10.1. The van der Waals surface area contributed by atoms with Crippen molar-refractivity contribution in [3.05, 3.63) is 0 Å². The van der Waals surface area contributed by atoms with Gasteiger partial charge in [-0.2, -0.15) is 5.26 Å². The van der Waals surface area contributed by atoms with E-state index in [0.29, 0.717) is 8.78 Å². The van der Waals surface area contributed by atoms with Crippen molar-refractivity contribution in [2.24, 2.45) is 5.92 Å². The molecule has 0 spiro atoms. The van der Waals surface area contributed by atoms with Gasteiger partial charge in [-0.1, -0.05) is 76.9 Å². The third-order valence-corrected chi connectivity index (χ3v) is 5.30. The first-order valence-electron chi connectivity index (χ1n) is 8.39. The van der Waals surface area contributed by atoms with Crippen molar-refractivity contribution in [1.29, 1.82) is 5.26 Å². The smallest absolute Gasteiger partial charge is 0.101 e. The second kappa shape index (κ2) is 15.2. The summed E-state index contributed by atoms with van der Waals surface area (Å²) in [5.74, 6) is 0.115. The number of thioether (sulfide) groups is 1. The van der Waals surface area contributed by atoms with Crippen molar-refractivity contribution in [3.63, 3.8) is 0 Å². The minimum Gasteiger partial charge on any atom is -0.198 e. The van der Waals surface area contributed by atoms with E-state index in [1.54, 1.807) is 11.8 Å². The molecule has 0 aliphatic carbocycles. The Morgan fingerprint density at radius 3 is 2.10 bits per heavy atom. The summed E-state index contributed by atoms with van der Waals surface area (Å²) in [6.45, 7) is 4.25. The van der Waals surface area contributed by atoms with Crippen LogP contribution < -0.4 is 0 Å². The van der Waals surface area contributed by atoms with Crippen LogP contribution in [0.2, 0.25) is 0 Å². The fourth-order valence-corrected chi connectivity index (χ4v) is 4.31. The number of hydrogen-bond donors (Lipinski definition) is 1. The van der Waals surface area contributed by atoms with Crippen LogP contribution in [-0.4, -0.2) is 8.78 Å². The fourth-order valence-electron chi connectivity index (χ4n) is 2.50. The summed E-state index contributed by atoms with van der Waals surface area (Å²) in [4.78, 5) is 0. The van der Waals surface area contributed by atoms with E-state index >= 15 is 0 Å². The van der Waals surface area contributed by atoms with E-state index in [-0.39, 0.29) is 5.92 Å². The number of unbranched alkanes of at least 4 members (excludes halogenated alkanes) is 8. The molecule has 2 unspecified atom stereocenters. The number of nitriles is 1. The molecule has 0 heterocycles. The van der Waals surface area contributed by atoms with Crippen LogP contribution in [0.4, 0.5) is 0 Å². The minimum absolute atomic E-state index is 0.115. The summed E-state index contributed by atoms with van der Waals surface area (Å²) in [6.07, 6.45) is 14.3. The molecule has 0 saturated heterocycles. The highest BCUT2D eigenvalue weighted by atomic mass is 32.2. The van der Waals surface area contributed by atoms with E-state index < -0.39 is 0 Å². The lowest BCUT2D eigenvalue weighted by Gasteiger charge is -2.16. The first-order chi connectivity index (χ1) is 10.1. The van der Waals surface area contributed by atoms with Gasteiger partial charge in [-0.15, -0.1) is 24.4 Å². The SMILES string of the molecule is CCCCCCCCCCCC(CC(C)C#N)SC(=S)S. The van der Waals surface area contributed by atoms with Crippen LogP contribution in [0.25, 0.3) is 0 Å². The zero-order valence-corrected chi connectivity index (χ0v) is 16.2. The van der Waals surface area contributed by atoms with Crippen LogP contribution in [0, 0.1) is 17.2 Å². The highest BCUT2D eigenvalue weighted by Gasteiger charge is 2.14. The topological polar surface area (TPSA) is 23.8 Å². The molecule has 2 atom stereocenters. The van der Waals surface area contributed by atoms with Gasteiger partial charge in [0.15, 0.2) is 0 Å². The van der Waals surface area contributed by atoms with E-state index in [1.807, 2.05) is 6.92 Å². The Balaban J connectivity index is 3.63. The zero-order valence-electron chi connectivity index (χ0n) is 13.6. The zero-order chi connectivity index (χ0) is 15.9. The Morgan fingerprint density at radius 1 is 1.10 bits per heavy atom. The number of thiol groups is 1. The molecule has 1 nitrogen and oxygen atoms in total. The Hall–Kier alpha value is 0.280. The lowest BCUT2D eigenvalue weighted by molar-refractivity contribution is 0.534. The predicted octanol–water partition coefficient (Wildman–Crippen LogP) is 6.77. The molecule has 0 bridgehead atoms. The van der Waals surface area contributed by atoms with Gasteiger partial charge in [0, 0.05) is 11.2 Å². The Morgan fingerprint density at radius 2 is 1.62 bits per heavy atom. The summed E-state index contributed by atoms with van der Waals surface area (Å²) in [5, 5.41) is 9.40. The number of rotatable bonds is 13. The molecule has 4 heteroatoms. The van der Waals surface area contributed by atoms with Crippen LogP contribution in [0.3, 0.4) is 0 Å². The molecular formula is C17H31NS3. The van der Waals surface area contributed by atoms with E-state index in [0.717, 1.165) is 12.8 Å². The van der Waals surface area contributed by atoms with Crippen molar-refractivity contribution in [2.75, 3.05) is 0 Å². The summed E-state index contributed by atoms with van der Waals surface area (Å²) >= 11 is 11.0. The largest absolute Gasteiger partial charge is 0.198 e. The number of hydrogen-bond acceptors (Lipinski definition) is 3. The van der Waals surface area contributed by atoms with E-state index in [1.165, 1.54) is 57.8 Å². The van der Waals surface area contributed by atoms with E-state index in [4.69, 9.17) is 17.5 Å². The first kappa shape index (κ1) is 21.3. The van der Waals surface area contributed by atoms with Crippen molar-refractivity contribution >= 4 is 40.1 Å². The standard InChI is InChI=1S/C17H31NS3/c1-3-4-5-6-7-8-9-10-11-12-16(21-17(19)20)13-15(2)14-18/h15-16H,3-13H2,1-2H3,(H,19,20). The molecule has 21 heavy (non-hydrogen) atoms. The molecule has 0 aliphatic rings. The minimum atomic E-state index is 0.115. The summed E-state index contributed by atoms with van der Waals surface area (Å²) in [6, 6.07) is 2.32. The third-order valence-electron chi connectivity index (χ3n) is 3.73. The molecule has 0 amide bonds. The highest BCUT2D eigenvalue weighted by molar-refractivity contribution is 8.41. The van der Waals surface area contributed by atoms with Crippen LogP contribution in [0.5, 0.6) is 0 Å². The Labute approximate surface area is 147 Å². The average molecular weight is 346 g/mol. The molecule has 0 rings (SSSR count). The van der Waals surface area contributed by atoms with Crippen molar-refractivity contribution in [1.82, 2.24) is 0 Å². The summed E-state index contributed by atoms with van der Waals surface area (Å²) in [7, 11) is 0. The molecule has 0 aromatic carbocycles. The fraction of sp³-hybridized carbons (Fsp3) is 0.882. The normalized spacial score (nSPS) is 13.6. The van der Waals surface area contributed by atoms with E-state index in [9.17, 15) is 0 Å². The lowest BCUT2D eigenvalue weighted by Crippen LogP contribution is -2.09. The van der Waals surface area contributed by atoms with Gasteiger partial charge in [0.2, 0.25) is 0 Å². The quantitative estimate of drug-likeness (QED) is 0.226. The van der Waals surface area contributed by atoms with Gasteiger partial charge in [-0.05, 0) is 19.8 Å². The van der Waals surface area contributed by atoms with Crippen LogP contribution in [0.1, 0.15) is 84.5 Å². The third kappa shape index (κ3) is 15.0. The van der Waals surface area contributed by atoms with Crippen molar-refractivity contribution in [3.8, 4) is 6.07 Å². The molecule has 122 valence electrons. The number of nitrogens with zero attached hydrogens (tertiary/aromatic N) is 1. The lowest BCUT2D eigenvalue weighted by atomic mass is 10.0. The van der Waals surface area contributed by atoms with Gasteiger partial charge in [0.05, 0.1) is 6.07 Å². The maximum Gasteiger partial charge on any atom is 0.101 e. The van der Waals surface area contributed by atoms with Crippen LogP contribution in [-0.2, 0) is 0 Å². The maximum atomic E-state index is 8.94. The van der Waals surface area contributed by atoms with Gasteiger partial charge in [0.1, 0.15) is 3.53 Å². The highest BCUT2D eigenvalue weighted by Crippen LogP contribution is 2.27. The molecule has 0 fully saturated rings. The number of thiocarbonyl (C=S) groups is 1. The molecule has 0 saturated carbocycles. The van der Waals surface area contributed by atoms with Crippen LogP contribution in [0.15, 0.2) is 0 Å². The molecule has 0 radical (unpaired) electrons. The molecular weight excluding hydrogens is 314 g/mol. The van der Waals surface area contributed by atoms with Gasteiger partial charge < -0.3 is 0 Å². The van der Waals surface area contributed by atoms with Gasteiger partial charge in [-0.3, -0.25) is 0 Å². The second-order valence-corrected chi connectivity index (χ2v) is 8.92. The van der Waals surface area contributed by atoms with Gasteiger partial charge >= 0.3 is 0 Å². The van der Waals surface area contributed by atoms with Crippen molar-refractivity contribution < 1.29 is 0 Å². The van der Waals surface area contributed by atoms with E-state index in [2.05, 4.69) is 25.6 Å². The predicted molar refractivity (Wildman–Crippen MR) is 104 cm³/mol. The monoisotopic (exact) mass is 345 g/mol. The summed E-state index contributed by atoms with van der Waals surface area (Å²) in [5.41, 5.74) is 0. The summed E-state index contributed by atoms with van der Waals surface area (Å²) < 4.78 is 0.709. The maximum absolute atomic E-state index is 8.94. The molecule has 0 N–H and O–H groups in total. The molecule has 0 aliphatic heterocycles. The Kier molecular flexibility index (Phi) is 15.4. The Bertz CT molecular complexity index is 299. The van der Waals surface area contributed by atoms with Crippen molar-refractivity contribution in [2.45, 2.75) is 89.7 Å². The van der Waals surface area contributed by atoms with Gasteiger partial charge in [0.25, 0.3) is 0 Å². The molecule has 0 aromatic heterocycles. The average Bonchev–Trinajstić information content (AvgIpc) is 2.44.